The molecule has 0 radical (unpaired) electrons. The second-order valence-corrected chi connectivity index (χ2v) is 6.31. The molecule has 116 valence electrons. The lowest BCUT2D eigenvalue weighted by Gasteiger charge is -2.15. The maximum atomic E-state index is 4.71. The first-order valence-electron chi connectivity index (χ1n) is 8.23. The smallest absolute Gasteiger partial charge is 0.223 e. The first-order valence-corrected chi connectivity index (χ1v) is 8.23. The van der Waals surface area contributed by atoms with Gasteiger partial charge in [0, 0.05) is 41.7 Å². The molecule has 0 unspecified atom stereocenters. The predicted octanol–water partition coefficient (Wildman–Crippen LogP) is 3.88. The van der Waals surface area contributed by atoms with Crippen molar-refractivity contribution >= 4 is 5.95 Å². The zero-order chi connectivity index (χ0) is 15.4. The Balaban J connectivity index is 1.63. The Bertz CT molecular complexity index is 620. The van der Waals surface area contributed by atoms with Gasteiger partial charge in [-0.2, -0.15) is 0 Å². The van der Waals surface area contributed by atoms with Crippen LogP contribution in [0.1, 0.15) is 55.6 Å². The standard InChI is InChI=1S/C18H24N4/c1-13-6-5-9-16(20-13)12-14(2)21-18-19-11-10-17(22-18)15-7-3-4-8-15/h5-6,9-11,14-15H,3-4,7-8,12H2,1-2H3,(H,19,21,22)/t14-/m0/s1. The van der Waals surface area contributed by atoms with E-state index >= 15 is 0 Å². The lowest BCUT2D eigenvalue weighted by molar-refractivity contribution is 0.689. The van der Waals surface area contributed by atoms with Crippen LogP contribution in [0.3, 0.4) is 0 Å². The number of pyridine rings is 1. The summed E-state index contributed by atoms with van der Waals surface area (Å²) in [7, 11) is 0. The normalized spacial score (nSPS) is 16.6. The second kappa shape index (κ2) is 6.86. The second-order valence-electron chi connectivity index (χ2n) is 6.31. The minimum atomic E-state index is 0.258. The topological polar surface area (TPSA) is 50.7 Å². The van der Waals surface area contributed by atoms with Crippen molar-refractivity contribution in [3.8, 4) is 0 Å². The number of nitrogens with zero attached hydrogens (tertiary/aromatic N) is 3. The van der Waals surface area contributed by atoms with Gasteiger partial charge in [-0.3, -0.25) is 4.98 Å². The van der Waals surface area contributed by atoms with Gasteiger partial charge in [-0.1, -0.05) is 18.9 Å². The van der Waals surface area contributed by atoms with Crippen LogP contribution in [0.15, 0.2) is 30.5 Å². The Morgan fingerprint density at radius 3 is 2.77 bits per heavy atom. The lowest BCUT2D eigenvalue weighted by atomic mass is 10.0. The molecular formula is C18H24N4. The molecule has 1 aliphatic carbocycles. The van der Waals surface area contributed by atoms with Gasteiger partial charge in [0.25, 0.3) is 0 Å². The number of aromatic nitrogens is 3. The molecule has 0 saturated heterocycles. The molecule has 0 aliphatic heterocycles. The van der Waals surface area contributed by atoms with E-state index in [2.05, 4.69) is 40.4 Å². The summed E-state index contributed by atoms with van der Waals surface area (Å²) in [4.78, 5) is 13.6. The van der Waals surface area contributed by atoms with Crippen LogP contribution in [0.4, 0.5) is 5.95 Å². The maximum absolute atomic E-state index is 4.71. The summed E-state index contributed by atoms with van der Waals surface area (Å²) in [6.07, 6.45) is 7.93. The summed E-state index contributed by atoms with van der Waals surface area (Å²) < 4.78 is 0. The molecule has 1 fully saturated rings. The molecular weight excluding hydrogens is 272 g/mol. The van der Waals surface area contributed by atoms with Gasteiger partial charge < -0.3 is 5.32 Å². The number of nitrogens with one attached hydrogen (secondary N) is 1. The third kappa shape index (κ3) is 3.81. The number of rotatable bonds is 5. The number of anilines is 1. The molecule has 4 nitrogen and oxygen atoms in total. The van der Waals surface area contributed by atoms with Crippen LogP contribution >= 0.6 is 0 Å². The Kier molecular flexibility index (Phi) is 4.66. The molecule has 4 heteroatoms. The van der Waals surface area contributed by atoms with Crippen molar-refractivity contribution in [1.82, 2.24) is 15.0 Å². The van der Waals surface area contributed by atoms with Gasteiger partial charge in [0.15, 0.2) is 0 Å². The van der Waals surface area contributed by atoms with Crippen LogP contribution in [0.2, 0.25) is 0 Å². The fraction of sp³-hybridized carbons (Fsp3) is 0.500. The molecule has 2 aromatic heterocycles. The minimum Gasteiger partial charge on any atom is -0.351 e. The Labute approximate surface area is 132 Å². The van der Waals surface area contributed by atoms with Crippen molar-refractivity contribution in [3.63, 3.8) is 0 Å². The van der Waals surface area contributed by atoms with Gasteiger partial charge in [0.2, 0.25) is 5.95 Å². The fourth-order valence-electron chi connectivity index (χ4n) is 3.19. The van der Waals surface area contributed by atoms with E-state index in [0.29, 0.717) is 5.92 Å². The average molecular weight is 296 g/mol. The van der Waals surface area contributed by atoms with E-state index in [1.807, 2.05) is 19.2 Å². The molecule has 22 heavy (non-hydrogen) atoms. The zero-order valence-corrected chi connectivity index (χ0v) is 13.4. The molecule has 1 saturated carbocycles. The quantitative estimate of drug-likeness (QED) is 0.909. The Morgan fingerprint density at radius 2 is 2.00 bits per heavy atom. The van der Waals surface area contributed by atoms with E-state index in [0.717, 1.165) is 23.8 Å². The van der Waals surface area contributed by atoms with Gasteiger partial charge in [0.1, 0.15) is 0 Å². The zero-order valence-electron chi connectivity index (χ0n) is 13.4. The third-order valence-corrected chi connectivity index (χ3v) is 4.29. The average Bonchev–Trinajstić information content (AvgIpc) is 3.01. The van der Waals surface area contributed by atoms with Crippen LogP contribution in [0.5, 0.6) is 0 Å². The molecule has 0 spiro atoms. The summed E-state index contributed by atoms with van der Waals surface area (Å²) in [6, 6.07) is 8.47. The molecule has 1 aliphatic rings. The Morgan fingerprint density at radius 1 is 1.18 bits per heavy atom. The van der Waals surface area contributed by atoms with Gasteiger partial charge >= 0.3 is 0 Å². The summed E-state index contributed by atoms with van der Waals surface area (Å²) in [6.45, 7) is 4.17. The molecule has 0 aromatic carbocycles. The number of aryl methyl sites for hydroxylation is 1. The van der Waals surface area contributed by atoms with Crippen LogP contribution < -0.4 is 5.32 Å². The monoisotopic (exact) mass is 296 g/mol. The van der Waals surface area contributed by atoms with Crippen LogP contribution in [-0.2, 0) is 6.42 Å². The molecule has 0 amide bonds. The van der Waals surface area contributed by atoms with Crippen molar-refractivity contribution < 1.29 is 0 Å². The first-order chi connectivity index (χ1) is 10.7. The fourth-order valence-corrected chi connectivity index (χ4v) is 3.19. The van der Waals surface area contributed by atoms with Crippen LogP contribution in [0, 0.1) is 6.92 Å². The van der Waals surface area contributed by atoms with E-state index in [1.165, 1.54) is 31.4 Å². The highest BCUT2D eigenvalue weighted by atomic mass is 15.1. The van der Waals surface area contributed by atoms with Crippen LogP contribution in [0.25, 0.3) is 0 Å². The van der Waals surface area contributed by atoms with Gasteiger partial charge in [-0.15, -0.1) is 0 Å². The molecule has 1 N–H and O–H groups in total. The number of hydrogen-bond acceptors (Lipinski definition) is 4. The molecule has 2 aromatic rings. The molecule has 3 rings (SSSR count). The molecule has 1 atom stereocenters. The largest absolute Gasteiger partial charge is 0.351 e. The predicted molar refractivity (Wildman–Crippen MR) is 89.0 cm³/mol. The van der Waals surface area contributed by atoms with Gasteiger partial charge in [-0.05, 0) is 44.9 Å². The van der Waals surface area contributed by atoms with E-state index in [-0.39, 0.29) is 6.04 Å². The molecule has 0 bridgehead atoms. The third-order valence-electron chi connectivity index (χ3n) is 4.29. The van der Waals surface area contributed by atoms with Crippen molar-refractivity contribution in [2.24, 2.45) is 0 Å². The van der Waals surface area contributed by atoms with Crippen molar-refractivity contribution in [2.45, 2.75) is 57.9 Å². The highest BCUT2D eigenvalue weighted by Gasteiger charge is 2.19. The van der Waals surface area contributed by atoms with Crippen LogP contribution in [-0.4, -0.2) is 21.0 Å². The summed E-state index contributed by atoms with van der Waals surface area (Å²) in [5.41, 5.74) is 3.35. The lowest BCUT2D eigenvalue weighted by Crippen LogP contribution is -2.20. The SMILES string of the molecule is Cc1cccc(C[C@H](C)Nc2nccc(C3CCCC3)n2)n1. The summed E-state index contributed by atoms with van der Waals surface area (Å²) in [5.74, 6) is 1.36. The minimum absolute atomic E-state index is 0.258. The van der Waals surface area contributed by atoms with Gasteiger partial charge in [0.05, 0.1) is 0 Å². The first kappa shape index (κ1) is 14.9. The van der Waals surface area contributed by atoms with Gasteiger partial charge in [-0.25, -0.2) is 9.97 Å². The highest BCUT2D eigenvalue weighted by Crippen LogP contribution is 2.33. The highest BCUT2D eigenvalue weighted by molar-refractivity contribution is 5.28. The van der Waals surface area contributed by atoms with E-state index in [9.17, 15) is 0 Å². The van der Waals surface area contributed by atoms with Crippen molar-refractivity contribution in [3.05, 3.63) is 47.5 Å². The summed E-state index contributed by atoms with van der Waals surface area (Å²) >= 11 is 0. The number of hydrogen-bond donors (Lipinski definition) is 1. The van der Waals surface area contributed by atoms with Crippen molar-refractivity contribution in [1.29, 1.82) is 0 Å². The molecule has 2 heterocycles. The van der Waals surface area contributed by atoms with E-state index < -0.39 is 0 Å². The van der Waals surface area contributed by atoms with E-state index in [4.69, 9.17) is 4.98 Å². The van der Waals surface area contributed by atoms with Crippen molar-refractivity contribution in [2.75, 3.05) is 5.32 Å². The maximum Gasteiger partial charge on any atom is 0.223 e. The Hall–Kier alpha value is -1.97. The summed E-state index contributed by atoms with van der Waals surface area (Å²) in [5, 5.41) is 3.41. The van der Waals surface area contributed by atoms with E-state index in [1.54, 1.807) is 0 Å².